The summed E-state index contributed by atoms with van der Waals surface area (Å²) in [5, 5.41) is 5.67. The van der Waals surface area contributed by atoms with E-state index in [0.29, 0.717) is 0 Å². The van der Waals surface area contributed by atoms with Crippen LogP contribution in [0.5, 0.6) is 0 Å². The minimum atomic E-state index is 0. The normalized spacial score (nSPS) is 14.3. The third-order valence-electron chi connectivity index (χ3n) is 11.6. The second-order valence-corrected chi connectivity index (χ2v) is 14.6. The first-order valence-corrected chi connectivity index (χ1v) is 17.5. The van der Waals surface area contributed by atoms with Crippen LogP contribution in [-0.2, 0) is 30.9 Å². The number of para-hydroxylation sites is 2. The molecule has 11 rings (SSSR count). The number of rotatable bonds is 1. The molecule has 255 valence electrons. The fraction of sp³-hybridized carbons (Fsp3) is 0.130. The van der Waals surface area contributed by atoms with Crippen LogP contribution in [0.2, 0.25) is 0 Å². The van der Waals surface area contributed by atoms with E-state index in [1.165, 1.54) is 50.0 Å². The maximum absolute atomic E-state index is 4.85. The molecule has 6 heteroatoms. The van der Waals surface area contributed by atoms with E-state index in [0.717, 1.165) is 33.7 Å². The average molecular weight is 850 g/mol. The molecule has 0 saturated heterocycles. The Bertz CT molecular complexity index is 2820. The van der Waals surface area contributed by atoms with Crippen molar-refractivity contribution in [3.8, 4) is 44.8 Å². The van der Waals surface area contributed by atoms with Crippen molar-refractivity contribution in [2.75, 3.05) is 0 Å². The Balaban J connectivity index is 0.000000169. The predicted octanol–water partition coefficient (Wildman–Crippen LogP) is 10.8. The van der Waals surface area contributed by atoms with Crippen LogP contribution in [0.1, 0.15) is 39.0 Å². The molecule has 0 fully saturated rings. The first-order valence-electron chi connectivity index (χ1n) is 17.5. The average Bonchev–Trinajstić information content (AvgIpc) is 3.86. The SMILES string of the molecule is CC1(C)c2ccc[c-]c2-n2nccc2C1(C)C.[Ir].[c-]1ccc2c3c(c4n(-c5ccccc5)c5cccnc5n4c13)-c1ccccc1-c1ccccc1-2. The van der Waals surface area contributed by atoms with Crippen LogP contribution in [0, 0.1) is 12.1 Å². The third kappa shape index (κ3) is 4.32. The minimum absolute atomic E-state index is 0. The quantitative estimate of drug-likeness (QED) is 0.154. The summed E-state index contributed by atoms with van der Waals surface area (Å²) in [5.41, 5.74) is 16.6. The van der Waals surface area contributed by atoms with Gasteiger partial charge in [-0.05, 0) is 69.3 Å². The first-order chi connectivity index (χ1) is 24.9. The zero-order valence-electron chi connectivity index (χ0n) is 29.3. The van der Waals surface area contributed by atoms with Gasteiger partial charge in [0, 0.05) is 49.3 Å². The van der Waals surface area contributed by atoms with Crippen LogP contribution in [-0.4, -0.2) is 23.7 Å². The van der Waals surface area contributed by atoms with Gasteiger partial charge in [-0.1, -0.05) is 105 Å². The van der Waals surface area contributed by atoms with Crippen molar-refractivity contribution < 1.29 is 20.1 Å². The van der Waals surface area contributed by atoms with Crippen molar-refractivity contribution in [1.82, 2.24) is 23.7 Å². The monoisotopic (exact) mass is 850 g/mol. The predicted molar refractivity (Wildman–Crippen MR) is 207 cm³/mol. The molecule has 1 aliphatic heterocycles. The number of aromatic nitrogens is 5. The summed E-state index contributed by atoms with van der Waals surface area (Å²) >= 11 is 0. The van der Waals surface area contributed by atoms with Crippen LogP contribution in [0.3, 0.4) is 0 Å². The van der Waals surface area contributed by atoms with Crippen LogP contribution < -0.4 is 0 Å². The summed E-state index contributed by atoms with van der Waals surface area (Å²) in [6, 6.07) is 51.7. The number of imidazole rings is 1. The summed E-state index contributed by atoms with van der Waals surface area (Å²) in [6.45, 7) is 9.18. The van der Waals surface area contributed by atoms with Gasteiger partial charge in [-0.3, -0.25) is 9.25 Å². The van der Waals surface area contributed by atoms with Gasteiger partial charge in [0.25, 0.3) is 0 Å². The van der Waals surface area contributed by atoms with Crippen molar-refractivity contribution in [3.05, 3.63) is 163 Å². The van der Waals surface area contributed by atoms with Gasteiger partial charge in [0.15, 0.2) is 5.65 Å². The fourth-order valence-corrected chi connectivity index (χ4v) is 8.44. The molecule has 5 heterocycles. The molecule has 0 spiro atoms. The van der Waals surface area contributed by atoms with Crippen molar-refractivity contribution >= 4 is 27.7 Å². The summed E-state index contributed by atoms with van der Waals surface area (Å²) in [6.07, 6.45) is 3.75. The summed E-state index contributed by atoms with van der Waals surface area (Å²) < 4.78 is 6.67. The van der Waals surface area contributed by atoms with Gasteiger partial charge < -0.3 is 4.40 Å². The molecule has 9 aromatic rings. The van der Waals surface area contributed by atoms with Crippen LogP contribution in [0.15, 0.2) is 140 Å². The number of benzene rings is 5. The number of hydrogen-bond acceptors (Lipinski definition) is 2. The van der Waals surface area contributed by atoms with Gasteiger partial charge in [-0.2, -0.15) is 47.6 Å². The Morgan fingerprint density at radius 2 is 1.29 bits per heavy atom. The molecule has 0 bridgehead atoms. The Kier molecular flexibility index (Phi) is 7.31. The van der Waals surface area contributed by atoms with Crippen LogP contribution in [0.25, 0.3) is 72.5 Å². The Labute approximate surface area is 316 Å². The topological polar surface area (TPSA) is 40.0 Å². The summed E-state index contributed by atoms with van der Waals surface area (Å²) in [5.74, 6) is 0. The Hall–Kier alpha value is -5.55. The van der Waals surface area contributed by atoms with Crippen molar-refractivity contribution in [1.29, 1.82) is 0 Å². The van der Waals surface area contributed by atoms with E-state index < -0.39 is 0 Å². The maximum atomic E-state index is 4.85. The number of pyridine rings is 1. The van der Waals surface area contributed by atoms with Crippen molar-refractivity contribution in [2.45, 2.75) is 38.5 Å². The maximum Gasteiger partial charge on any atom is 0.161 e. The summed E-state index contributed by atoms with van der Waals surface area (Å²) in [7, 11) is 0. The smallest absolute Gasteiger partial charge is 0.161 e. The fourth-order valence-electron chi connectivity index (χ4n) is 8.44. The molecule has 0 amide bonds. The second kappa shape index (κ2) is 11.7. The first kappa shape index (κ1) is 32.4. The summed E-state index contributed by atoms with van der Waals surface area (Å²) in [4.78, 5) is 4.85. The number of fused-ring (bicyclic) bond motifs is 13. The largest absolute Gasteiger partial charge is 0.303 e. The molecule has 4 aromatic heterocycles. The van der Waals surface area contributed by atoms with E-state index in [4.69, 9.17) is 4.98 Å². The van der Waals surface area contributed by atoms with Gasteiger partial charge in [-0.15, -0.1) is 11.1 Å². The zero-order chi connectivity index (χ0) is 34.5. The van der Waals surface area contributed by atoms with E-state index in [-0.39, 0.29) is 30.9 Å². The molecule has 0 unspecified atom stereocenters. The van der Waals surface area contributed by atoms with Gasteiger partial charge in [0.1, 0.15) is 5.65 Å². The third-order valence-corrected chi connectivity index (χ3v) is 11.6. The van der Waals surface area contributed by atoms with E-state index in [1.54, 1.807) is 0 Å². The Morgan fingerprint density at radius 3 is 2.06 bits per heavy atom. The Morgan fingerprint density at radius 1 is 0.596 bits per heavy atom. The van der Waals surface area contributed by atoms with Gasteiger partial charge in [0.2, 0.25) is 0 Å². The number of nitrogens with zero attached hydrogens (tertiary/aromatic N) is 5. The second-order valence-electron chi connectivity index (χ2n) is 14.6. The molecule has 5 nitrogen and oxygen atoms in total. The zero-order valence-corrected chi connectivity index (χ0v) is 31.7. The van der Waals surface area contributed by atoms with E-state index >= 15 is 0 Å². The van der Waals surface area contributed by atoms with E-state index in [1.807, 2.05) is 29.2 Å². The molecule has 2 aliphatic rings. The van der Waals surface area contributed by atoms with E-state index in [2.05, 4.69) is 169 Å². The van der Waals surface area contributed by atoms with Gasteiger partial charge in [0.05, 0.1) is 5.52 Å². The molecule has 1 aliphatic carbocycles. The standard InChI is InChI=1S/C31H18N3.C15H17N2.Ir/c1-2-10-20(11-3-1)33-27-18-9-19-32-30(27)34-26-17-8-16-24-22-13-5-4-12-21(22)23-14-6-7-15-25(23)29(28(24)26)31(33)34;1-14(2)11-7-5-6-8-12(11)17-13(9-10-16-17)15(14,3)4;/h1-16,18-19H;5-7,9-10H,1-4H3;/q2*-1;. The molecule has 5 aromatic carbocycles. The van der Waals surface area contributed by atoms with Gasteiger partial charge in [-0.25, -0.2) is 4.98 Å². The minimum Gasteiger partial charge on any atom is -0.303 e. The van der Waals surface area contributed by atoms with Gasteiger partial charge >= 0.3 is 0 Å². The molecule has 1 radical (unpaired) electrons. The molecule has 0 saturated carbocycles. The van der Waals surface area contributed by atoms with Crippen LogP contribution >= 0.6 is 0 Å². The van der Waals surface area contributed by atoms with E-state index in [9.17, 15) is 0 Å². The molecule has 52 heavy (non-hydrogen) atoms. The van der Waals surface area contributed by atoms with Crippen molar-refractivity contribution in [2.24, 2.45) is 0 Å². The molecule has 0 N–H and O–H groups in total. The molecular weight excluding hydrogens is 815 g/mol. The molecular formula is C46H35IrN5-2. The number of hydrogen-bond donors (Lipinski definition) is 0. The van der Waals surface area contributed by atoms with Crippen molar-refractivity contribution in [3.63, 3.8) is 0 Å². The molecule has 0 atom stereocenters. The van der Waals surface area contributed by atoms with Crippen LogP contribution in [0.4, 0.5) is 0 Å².